The van der Waals surface area contributed by atoms with Crippen molar-refractivity contribution in [2.75, 3.05) is 13.1 Å². The van der Waals surface area contributed by atoms with E-state index in [-0.39, 0.29) is 5.82 Å². The molecule has 1 saturated heterocycles. The van der Waals surface area contributed by atoms with Crippen molar-refractivity contribution in [2.45, 2.75) is 37.6 Å². The van der Waals surface area contributed by atoms with Gasteiger partial charge in [-0.25, -0.2) is 4.39 Å². The number of benzene rings is 2. The second-order valence-electron chi connectivity index (χ2n) is 7.35. The average Bonchev–Trinajstić information content (AvgIpc) is 3.25. The minimum Gasteiger partial charge on any atom is -0.356 e. The van der Waals surface area contributed by atoms with Crippen LogP contribution in [0.1, 0.15) is 35.6 Å². The molecule has 0 atom stereocenters. The molecule has 0 unspecified atom stereocenters. The van der Waals surface area contributed by atoms with Crippen LogP contribution in [0.5, 0.6) is 0 Å². The third-order valence-corrected chi connectivity index (χ3v) is 5.92. The molecule has 2 aliphatic rings. The van der Waals surface area contributed by atoms with E-state index >= 15 is 0 Å². The van der Waals surface area contributed by atoms with Crippen molar-refractivity contribution in [3.63, 3.8) is 0 Å². The number of piperidine rings is 1. The monoisotopic (exact) mass is 336 g/mol. The molecular formula is C21H21FN2O. The van der Waals surface area contributed by atoms with Gasteiger partial charge in [0, 0.05) is 23.4 Å². The highest BCUT2D eigenvalue weighted by atomic mass is 19.1. The number of fused-ring (bicyclic) bond motifs is 2. The van der Waals surface area contributed by atoms with E-state index in [2.05, 4.69) is 34.3 Å². The lowest BCUT2D eigenvalue weighted by Crippen LogP contribution is -2.41. The van der Waals surface area contributed by atoms with E-state index in [0.717, 1.165) is 37.0 Å². The molecule has 0 bridgehead atoms. The van der Waals surface area contributed by atoms with Crippen LogP contribution in [0.2, 0.25) is 0 Å². The quantitative estimate of drug-likeness (QED) is 0.698. The first kappa shape index (κ1) is 15.1. The Bertz CT molecular complexity index is 886. The van der Waals surface area contributed by atoms with Gasteiger partial charge in [0.25, 0.3) is 0 Å². The highest BCUT2D eigenvalue weighted by Gasteiger charge is 2.31. The molecular weight excluding hydrogens is 315 g/mol. The molecule has 1 aliphatic heterocycles. The minimum absolute atomic E-state index is 0.272. The molecule has 0 amide bonds. The van der Waals surface area contributed by atoms with E-state index in [1.54, 1.807) is 6.07 Å². The summed E-state index contributed by atoms with van der Waals surface area (Å²) in [5, 5.41) is 5.22. The number of hydrogen-bond acceptors (Lipinski definition) is 3. The second-order valence-corrected chi connectivity index (χ2v) is 7.35. The fraction of sp³-hybridized carbons (Fsp3) is 0.381. The molecule has 0 spiro atoms. The van der Waals surface area contributed by atoms with E-state index in [1.165, 1.54) is 36.1 Å². The summed E-state index contributed by atoms with van der Waals surface area (Å²) in [5.41, 5.74) is 4.59. The zero-order valence-electron chi connectivity index (χ0n) is 14.1. The van der Waals surface area contributed by atoms with Crippen LogP contribution in [-0.4, -0.2) is 29.2 Å². The Hall–Kier alpha value is -2.20. The van der Waals surface area contributed by atoms with Crippen molar-refractivity contribution in [1.82, 2.24) is 10.1 Å². The number of likely N-dealkylation sites (tertiary alicyclic amines) is 1. The molecule has 5 rings (SSSR count). The van der Waals surface area contributed by atoms with Crippen molar-refractivity contribution < 1.29 is 8.91 Å². The van der Waals surface area contributed by atoms with Gasteiger partial charge in [0.2, 0.25) is 0 Å². The Morgan fingerprint density at radius 1 is 1.00 bits per heavy atom. The molecule has 1 aromatic heterocycles. The van der Waals surface area contributed by atoms with Crippen LogP contribution in [-0.2, 0) is 12.8 Å². The molecule has 0 N–H and O–H groups in total. The third-order valence-electron chi connectivity index (χ3n) is 5.92. The van der Waals surface area contributed by atoms with Crippen molar-refractivity contribution in [2.24, 2.45) is 0 Å². The van der Waals surface area contributed by atoms with E-state index < -0.39 is 0 Å². The fourth-order valence-electron chi connectivity index (χ4n) is 4.56. The van der Waals surface area contributed by atoms with Crippen LogP contribution < -0.4 is 0 Å². The summed E-state index contributed by atoms with van der Waals surface area (Å²) in [7, 11) is 0. The number of nitrogens with zero attached hydrogens (tertiary/aromatic N) is 2. The van der Waals surface area contributed by atoms with Crippen LogP contribution in [0.25, 0.3) is 11.0 Å². The lowest BCUT2D eigenvalue weighted by molar-refractivity contribution is 0.154. The van der Waals surface area contributed by atoms with E-state index in [0.29, 0.717) is 17.5 Å². The van der Waals surface area contributed by atoms with Gasteiger partial charge in [-0.1, -0.05) is 29.4 Å². The Morgan fingerprint density at radius 3 is 2.44 bits per heavy atom. The Balaban J connectivity index is 1.29. The van der Waals surface area contributed by atoms with Gasteiger partial charge in [0.1, 0.15) is 5.82 Å². The van der Waals surface area contributed by atoms with E-state index in [1.807, 2.05) is 0 Å². The summed E-state index contributed by atoms with van der Waals surface area (Å²) in [4.78, 5) is 2.64. The zero-order chi connectivity index (χ0) is 16.8. The molecule has 128 valence electrons. The average molecular weight is 336 g/mol. The van der Waals surface area contributed by atoms with Crippen molar-refractivity contribution in [1.29, 1.82) is 0 Å². The number of hydrogen-bond donors (Lipinski definition) is 0. The highest BCUT2D eigenvalue weighted by Crippen LogP contribution is 2.35. The van der Waals surface area contributed by atoms with Crippen LogP contribution in [0.15, 0.2) is 47.0 Å². The molecule has 4 heteroatoms. The SMILES string of the molecule is Fc1ccc2c(C3CCN(C4Cc5ccccc5C4)CC3)noc2c1. The van der Waals surface area contributed by atoms with Crippen LogP contribution in [0.4, 0.5) is 4.39 Å². The minimum atomic E-state index is -0.272. The molecule has 1 fully saturated rings. The Labute approximate surface area is 146 Å². The normalized spacial score (nSPS) is 19.6. The van der Waals surface area contributed by atoms with Crippen molar-refractivity contribution in [3.8, 4) is 0 Å². The molecule has 25 heavy (non-hydrogen) atoms. The Kier molecular flexibility index (Phi) is 3.59. The molecule has 0 saturated carbocycles. The van der Waals surface area contributed by atoms with Gasteiger partial charge >= 0.3 is 0 Å². The summed E-state index contributed by atoms with van der Waals surface area (Å²) < 4.78 is 18.7. The maximum Gasteiger partial charge on any atom is 0.170 e. The third kappa shape index (κ3) is 2.65. The lowest BCUT2D eigenvalue weighted by Gasteiger charge is -2.35. The zero-order valence-corrected chi connectivity index (χ0v) is 14.1. The lowest BCUT2D eigenvalue weighted by atomic mass is 9.90. The smallest absolute Gasteiger partial charge is 0.170 e. The predicted octanol–water partition coefficient (Wildman–Crippen LogP) is 4.31. The standard InChI is InChI=1S/C21H21FN2O/c22-17-5-6-19-20(13-17)25-23-21(19)14-7-9-24(10-8-14)18-11-15-3-1-2-4-16(15)12-18/h1-6,13-14,18H,7-12H2. The van der Waals surface area contributed by atoms with Crippen LogP contribution >= 0.6 is 0 Å². The van der Waals surface area contributed by atoms with E-state index in [9.17, 15) is 4.39 Å². The van der Waals surface area contributed by atoms with Gasteiger partial charge in [0.05, 0.1) is 5.69 Å². The largest absolute Gasteiger partial charge is 0.356 e. The summed E-state index contributed by atoms with van der Waals surface area (Å²) >= 11 is 0. The number of rotatable bonds is 2. The molecule has 2 aromatic carbocycles. The van der Waals surface area contributed by atoms with Gasteiger partial charge in [0.15, 0.2) is 5.58 Å². The van der Waals surface area contributed by atoms with Gasteiger partial charge in [-0.2, -0.15) is 0 Å². The van der Waals surface area contributed by atoms with Crippen LogP contribution in [0, 0.1) is 5.82 Å². The number of aromatic nitrogens is 1. The maximum absolute atomic E-state index is 13.3. The van der Waals surface area contributed by atoms with Gasteiger partial charge < -0.3 is 4.52 Å². The van der Waals surface area contributed by atoms with Crippen molar-refractivity contribution >= 4 is 11.0 Å². The second kappa shape index (κ2) is 5.95. The molecule has 3 nitrogen and oxygen atoms in total. The summed E-state index contributed by atoms with van der Waals surface area (Å²) in [6, 6.07) is 14.2. The summed E-state index contributed by atoms with van der Waals surface area (Å²) in [6.07, 6.45) is 4.53. The molecule has 1 aliphatic carbocycles. The molecule has 3 aromatic rings. The first-order valence-corrected chi connectivity index (χ1v) is 9.13. The highest BCUT2D eigenvalue weighted by molar-refractivity contribution is 5.79. The fourth-order valence-corrected chi connectivity index (χ4v) is 4.56. The van der Waals surface area contributed by atoms with Gasteiger partial charge in [-0.05, 0) is 62.0 Å². The number of halogens is 1. The van der Waals surface area contributed by atoms with Crippen LogP contribution in [0.3, 0.4) is 0 Å². The maximum atomic E-state index is 13.3. The summed E-state index contributed by atoms with van der Waals surface area (Å²) in [5.74, 6) is 0.137. The molecule has 0 radical (unpaired) electrons. The summed E-state index contributed by atoms with van der Waals surface area (Å²) in [6.45, 7) is 2.19. The predicted molar refractivity (Wildman–Crippen MR) is 95.2 cm³/mol. The topological polar surface area (TPSA) is 29.3 Å². The first-order chi connectivity index (χ1) is 12.3. The Morgan fingerprint density at radius 2 is 1.72 bits per heavy atom. The van der Waals surface area contributed by atoms with Gasteiger partial charge in [-0.15, -0.1) is 0 Å². The van der Waals surface area contributed by atoms with Crippen molar-refractivity contribution in [3.05, 3.63) is 65.1 Å². The molecule has 2 heterocycles. The first-order valence-electron chi connectivity index (χ1n) is 9.13. The van der Waals surface area contributed by atoms with E-state index in [4.69, 9.17) is 4.52 Å². The van der Waals surface area contributed by atoms with Gasteiger partial charge in [-0.3, -0.25) is 4.90 Å².